The summed E-state index contributed by atoms with van der Waals surface area (Å²) in [4.78, 5) is 21.9. The second kappa shape index (κ2) is 6.78. The molecule has 2 aliphatic rings. The molecule has 2 aromatic heterocycles. The van der Waals surface area contributed by atoms with E-state index in [9.17, 15) is 4.79 Å². The summed E-state index contributed by atoms with van der Waals surface area (Å²) in [7, 11) is 0. The van der Waals surface area contributed by atoms with Crippen molar-refractivity contribution in [2.45, 2.75) is 18.3 Å². The Morgan fingerprint density at radius 1 is 0.964 bits per heavy atom. The molecule has 142 valence electrons. The SMILES string of the molecule is O=C(N1CCN(c2ccccn2)CC1)C1(c2cc(-c3ccccc3)on2)CC1. The largest absolute Gasteiger partial charge is 0.356 e. The summed E-state index contributed by atoms with van der Waals surface area (Å²) in [6.45, 7) is 3.01. The first-order valence-corrected chi connectivity index (χ1v) is 9.74. The second-order valence-corrected chi connectivity index (χ2v) is 7.49. The van der Waals surface area contributed by atoms with Gasteiger partial charge in [0.25, 0.3) is 0 Å². The molecule has 0 bridgehead atoms. The van der Waals surface area contributed by atoms with Gasteiger partial charge in [0, 0.05) is 44.0 Å². The smallest absolute Gasteiger partial charge is 0.235 e. The first kappa shape index (κ1) is 17.0. The number of amides is 1. The fraction of sp³-hybridized carbons (Fsp3) is 0.318. The molecule has 0 N–H and O–H groups in total. The van der Waals surface area contributed by atoms with Crippen molar-refractivity contribution in [1.29, 1.82) is 0 Å². The first-order valence-electron chi connectivity index (χ1n) is 9.74. The number of hydrogen-bond donors (Lipinski definition) is 0. The van der Waals surface area contributed by atoms with Crippen LogP contribution >= 0.6 is 0 Å². The van der Waals surface area contributed by atoms with Gasteiger partial charge in [-0.25, -0.2) is 4.98 Å². The Labute approximate surface area is 163 Å². The lowest BCUT2D eigenvalue weighted by atomic mass is 9.99. The molecule has 0 spiro atoms. The molecule has 0 atom stereocenters. The van der Waals surface area contributed by atoms with Crippen LogP contribution in [0, 0.1) is 0 Å². The number of benzene rings is 1. The van der Waals surface area contributed by atoms with Gasteiger partial charge >= 0.3 is 0 Å². The second-order valence-electron chi connectivity index (χ2n) is 7.49. The zero-order valence-electron chi connectivity index (χ0n) is 15.6. The number of rotatable bonds is 4. The van der Waals surface area contributed by atoms with E-state index in [0.29, 0.717) is 13.1 Å². The van der Waals surface area contributed by atoms with Gasteiger partial charge in [0.15, 0.2) is 5.76 Å². The van der Waals surface area contributed by atoms with Crippen LogP contribution < -0.4 is 4.90 Å². The van der Waals surface area contributed by atoms with Gasteiger partial charge in [-0.05, 0) is 25.0 Å². The number of hydrogen-bond acceptors (Lipinski definition) is 5. The molecule has 1 aromatic carbocycles. The average molecular weight is 374 g/mol. The van der Waals surface area contributed by atoms with Gasteiger partial charge in [0.1, 0.15) is 5.82 Å². The van der Waals surface area contributed by atoms with Crippen LogP contribution in [0.2, 0.25) is 0 Å². The number of pyridine rings is 1. The molecule has 1 saturated heterocycles. The van der Waals surface area contributed by atoms with E-state index in [1.54, 1.807) is 6.20 Å². The molecule has 3 aromatic rings. The summed E-state index contributed by atoms with van der Waals surface area (Å²) in [6.07, 6.45) is 3.49. The van der Waals surface area contributed by atoms with E-state index in [4.69, 9.17) is 4.52 Å². The standard InChI is InChI=1S/C22H22N4O2/c27-21(26-14-12-25(13-15-26)20-8-4-5-11-23-20)22(9-10-22)19-16-18(28-24-19)17-6-2-1-3-7-17/h1-8,11,16H,9-10,12-15H2. The highest BCUT2D eigenvalue weighted by atomic mass is 16.5. The Balaban J connectivity index is 1.29. The van der Waals surface area contributed by atoms with E-state index in [1.807, 2.05) is 59.5 Å². The zero-order valence-corrected chi connectivity index (χ0v) is 15.6. The molecular weight excluding hydrogens is 352 g/mol. The third-order valence-electron chi connectivity index (χ3n) is 5.76. The molecule has 1 saturated carbocycles. The summed E-state index contributed by atoms with van der Waals surface area (Å²) < 4.78 is 5.55. The third-order valence-corrected chi connectivity index (χ3v) is 5.76. The quantitative estimate of drug-likeness (QED) is 0.702. The van der Waals surface area contributed by atoms with Crippen LogP contribution in [-0.2, 0) is 10.2 Å². The Kier molecular flexibility index (Phi) is 4.11. The molecule has 6 nitrogen and oxygen atoms in total. The van der Waals surface area contributed by atoms with Crippen LogP contribution in [0.4, 0.5) is 5.82 Å². The fourth-order valence-electron chi connectivity index (χ4n) is 3.93. The summed E-state index contributed by atoms with van der Waals surface area (Å²) in [5.74, 6) is 1.87. The van der Waals surface area contributed by atoms with E-state index in [-0.39, 0.29) is 5.91 Å². The van der Waals surface area contributed by atoms with E-state index in [1.165, 1.54) is 0 Å². The van der Waals surface area contributed by atoms with E-state index in [2.05, 4.69) is 15.0 Å². The monoisotopic (exact) mass is 374 g/mol. The van der Waals surface area contributed by atoms with Crippen molar-refractivity contribution in [2.24, 2.45) is 0 Å². The van der Waals surface area contributed by atoms with Crippen molar-refractivity contribution in [2.75, 3.05) is 31.1 Å². The highest BCUT2D eigenvalue weighted by molar-refractivity contribution is 5.91. The van der Waals surface area contributed by atoms with E-state index in [0.717, 1.165) is 48.8 Å². The van der Waals surface area contributed by atoms with Crippen molar-refractivity contribution in [3.63, 3.8) is 0 Å². The number of piperazine rings is 1. The van der Waals surface area contributed by atoms with Crippen molar-refractivity contribution in [1.82, 2.24) is 15.0 Å². The van der Waals surface area contributed by atoms with Crippen molar-refractivity contribution in [3.8, 4) is 11.3 Å². The first-order chi connectivity index (χ1) is 13.8. The summed E-state index contributed by atoms with van der Waals surface area (Å²) in [5, 5.41) is 4.26. The lowest BCUT2D eigenvalue weighted by Crippen LogP contribution is -2.51. The Morgan fingerprint density at radius 2 is 1.71 bits per heavy atom. The summed E-state index contributed by atoms with van der Waals surface area (Å²) in [5.41, 5.74) is 1.25. The maximum Gasteiger partial charge on any atom is 0.235 e. The molecule has 5 rings (SSSR count). The van der Waals surface area contributed by atoms with E-state index >= 15 is 0 Å². The van der Waals surface area contributed by atoms with Gasteiger partial charge < -0.3 is 14.3 Å². The summed E-state index contributed by atoms with van der Waals surface area (Å²) >= 11 is 0. The maximum absolute atomic E-state index is 13.3. The van der Waals surface area contributed by atoms with Crippen LogP contribution in [0.1, 0.15) is 18.5 Å². The predicted octanol–water partition coefficient (Wildman–Crippen LogP) is 3.12. The molecule has 28 heavy (non-hydrogen) atoms. The number of carbonyl (C=O) groups excluding carboxylic acids is 1. The fourth-order valence-corrected chi connectivity index (χ4v) is 3.93. The normalized spacial score (nSPS) is 18.1. The van der Waals surface area contributed by atoms with Crippen LogP contribution in [-0.4, -0.2) is 47.1 Å². The van der Waals surface area contributed by atoms with Gasteiger partial charge in [-0.1, -0.05) is 41.6 Å². The zero-order chi connectivity index (χ0) is 19.0. The Bertz CT molecular complexity index is 958. The van der Waals surface area contributed by atoms with Crippen LogP contribution in [0.25, 0.3) is 11.3 Å². The number of carbonyl (C=O) groups is 1. The number of anilines is 1. The highest BCUT2D eigenvalue weighted by Crippen LogP contribution is 2.50. The minimum Gasteiger partial charge on any atom is -0.356 e. The average Bonchev–Trinajstić information content (AvgIpc) is 3.43. The molecular formula is C22H22N4O2. The molecule has 1 amide bonds. The summed E-state index contributed by atoms with van der Waals surface area (Å²) in [6, 6.07) is 17.7. The van der Waals surface area contributed by atoms with Crippen LogP contribution in [0.15, 0.2) is 65.3 Å². The lowest BCUT2D eigenvalue weighted by Gasteiger charge is -2.36. The van der Waals surface area contributed by atoms with Crippen molar-refractivity contribution in [3.05, 3.63) is 66.5 Å². The molecule has 0 unspecified atom stereocenters. The van der Waals surface area contributed by atoms with Gasteiger partial charge in [-0.2, -0.15) is 0 Å². The van der Waals surface area contributed by atoms with Gasteiger partial charge in [-0.15, -0.1) is 0 Å². The van der Waals surface area contributed by atoms with E-state index < -0.39 is 5.41 Å². The lowest BCUT2D eigenvalue weighted by molar-refractivity contribution is -0.134. The van der Waals surface area contributed by atoms with Crippen LogP contribution in [0.3, 0.4) is 0 Å². The molecule has 3 heterocycles. The van der Waals surface area contributed by atoms with Gasteiger partial charge in [0.2, 0.25) is 5.91 Å². The Morgan fingerprint density at radius 3 is 2.39 bits per heavy atom. The molecule has 1 aliphatic carbocycles. The maximum atomic E-state index is 13.3. The number of nitrogens with zero attached hydrogens (tertiary/aromatic N) is 4. The minimum atomic E-state index is -0.496. The molecule has 2 fully saturated rings. The molecule has 1 aliphatic heterocycles. The highest BCUT2D eigenvalue weighted by Gasteiger charge is 2.55. The Hall–Kier alpha value is -3.15. The minimum absolute atomic E-state index is 0.182. The van der Waals surface area contributed by atoms with Crippen LogP contribution in [0.5, 0.6) is 0 Å². The van der Waals surface area contributed by atoms with Gasteiger partial charge in [0.05, 0.1) is 11.1 Å². The van der Waals surface area contributed by atoms with Crippen molar-refractivity contribution >= 4 is 11.7 Å². The van der Waals surface area contributed by atoms with Gasteiger partial charge in [-0.3, -0.25) is 4.79 Å². The predicted molar refractivity (Wildman–Crippen MR) is 106 cm³/mol. The topological polar surface area (TPSA) is 62.5 Å². The molecule has 0 radical (unpaired) electrons. The number of aromatic nitrogens is 2. The third kappa shape index (κ3) is 2.95. The molecule has 6 heteroatoms. The van der Waals surface area contributed by atoms with Crippen molar-refractivity contribution < 1.29 is 9.32 Å².